The van der Waals surface area contributed by atoms with E-state index in [1.165, 1.54) is 0 Å². The van der Waals surface area contributed by atoms with Crippen LogP contribution in [0.15, 0.2) is 29.2 Å². The molecule has 0 aliphatic rings. The Morgan fingerprint density at radius 1 is 0.528 bits per heavy atom. The molecule has 0 saturated heterocycles. The molecular weight excluding hydrogens is 587 g/mol. The van der Waals surface area contributed by atoms with Crippen molar-refractivity contribution in [3.05, 3.63) is 24.3 Å². The van der Waals surface area contributed by atoms with Crippen molar-refractivity contribution < 1.29 is 92.3 Å². The molecule has 0 amide bonds. The average molecular weight is 592 g/mol. The maximum atomic E-state index is 13.6. The van der Waals surface area contributed by atoms with Gasteiger partial charge < -0.3 is 4.74 Å². The number of halogens is 17. The van der Waals surface area contributed by atoms with Crippen molar-refractivity contribution in [1.82, 2.24) is 0 Å². The van der Waals surface area contributed by atoms with Crippen LogP contribution in [0.3, 0.4) is 0 Å². The van der Waals surface area contributed by atoms with Crippen molar-refractivity contribution in [3.8, 4) is 5.75 Å². The molecule has 0 aliphatic heterocycles. The molecule has 0 aromatic heterocycles. The maximum absolute atomic E-state index is 13.6. The number of ether oxygens (including phenoxy) is 1. The minimum atomic E-state index is -8.76. The highest BCUT2D eigenvalue weighted by molar-refractivity contribution is 7.85. The SMILES string of the molecule is O=S(=O)(O)c1ccc(OC(F)(F)C(F)(F)C(F)(F)C(F)(F)C(F)(F)C(F)(F)C(F)(F)C(F)(F)F)cc1. The van der Waals surface area contributed by atoms with Gasteiger partial charge in [-0.3, -0.25) is 4.55 Å². The Morgan fingerprint density at radius 2 is 0.833 bits per heavy atom. The molecule has 210 valence electrons. The van der Waals surface area contributed by atoms with Crippen LogP contribution in [0.4, 0.5) is 74.6 Å². The molecular formula is C14H5F17O4S. The topological polar surface area (TPSA) is 63.6 Å². The van der Waals surface area contributed by atoms with Crippen LogP contribution in [-0.4, -0.2) is 60.8 Å². The minimum absolute atomic E-state index is 0.0551. The van der Waals surface area contributed by atoms with Gasteiger partial charge in [-0.05, 0) is 24.3 Å². The zero-order valence-corrected chi connectivity index (χ0v) is 16.6. The molecule has 0 spiro atoms. The molecule has 0 unspecified atom stereocenters. The first-order valence-corrected chi connectivity index (χ1v) is 9.35. The van der Waals surface area contributed by atoms with Gasteiger partial charge in [0.1, 0.15) is 5.75 Å². The standard InChI is InChI=1S/C14H5F17O4S/c15-7(16,9(19,20)11(23,24)13(27,28)29)8(17,18)10(21,22)12(25,26)14(30,31)35-5-1-3-6(4-2-5)36(32,33)34/h1-4H,(H,32,33,34). The summed E-state index contributed by atoms with van der Waals surface area (Å²) < 4.78 is 256. The molecule has 36 heavy (non-hydrogen) atoms. The van der Waals surface area contributed by atoms with Crippen molar-refractivity contribution in [2.45, 2.75) is 52.7 Å². The van der Waals surface area contributed by atoms with Gasteiger partial charge in [-0.1, -0.05) is 0 Å². The third-order valence-electron chi connectivity index (χ3n) is 4.06. The lowest BCUT2D eigenvalue weighted by Crippen LogP contribution is -2.74. The van der Waals surface area contributed by atoms with E-state index in [4.69, 9.17) is 4.55 Å². The summed E-state index contributed by atoms with van der Waals surface area (Å²) in [4.78, 5) is -1.19. The number of hydrogen-bond donors (Lipinski definition) is 1. The van der Waals surface area contributed by atoms with Crippen molar-refractivity contribution in [2.75, 3.05) is 0 Å². The van der Waals surface area contributed by atoms with E-state index in [1.54, 1.807) is 0 Å². The Kier molecular flexibility index (Phi) is 7.39. The van der Waals surface area contributed by atoms with Crippen LogP contribution in [-0.2, 0) is 10.1 Å². The summed E-state index contributed by atoms with van der Waals surface area (Å²) in [5.41, 5.74) is 0. The van der Waals surface area contributed by atoms with Crippen molar-refractivity contribution in [3.63, 3.8) is 0 Å². The normalized spacial score (nSPS) is 15.7. The highest BCUT2D eigenvalue weighted by atomic mass is 32.2. The quantitative estimate of drug-likeness (QED) is 0.271. The first kappa shape index (κ1) is 31.8. The lowest BCUT2D eigenvalue weighted by molar-refractivity contribution is -0.471. The highest BCUT2D eigenvalue weighted by Crippen LogP contribution is 2.64. The molecule has 1 aromatic rings. The third-order valence-corrected chi connectivity index (χ3v) is 4.93. The molecule has 1 rings (SSSR count). The molecule has 0 atom stereocenters. The largest absolute Gasteiger partial charge is 0.471 e. The Bertz CT molecular complexity index is 1060. The Balaban J connectivity index is 3.56. The second-order valence-corrected chi connectivity index (χ2v) is 7.93. The summed E-state index contributed by atoms with van der Waals surface area (Å²) in [6.07, 6.45) is -15.0. The van der Waals surface area contributed by atoms with Gasteiger partial charge in [0.25, 0.3) is 10.1 Å². The van der Waals surface area contributed by atoms with E-state index in [1.807, 2.05) is 0 Å². The first-order chi connectivity index (χ1) is 15.4. The monoisotopic (exact) mass is 592 g/mol. The third kappa shape index (κ3) is 4.49. The second-order valence-electron chi connectivity index (χ2n) is 6.51. The lowest BCUT2D eigenvalue weighted by atomic mass is 9.90. The summed E-state index contributed by atoms with van der Waals surface area (Å²) in [6.45, 7) is 0. The molecule has 0 saturated carbocycles. The van der Waals surface area contributed by atoms with Crippen LogP contribution in [0.5, 0.6) is 5.75 Å². The molecule has 4 nitrogen and oxygen atoms in total. The van der Waals surface area contributed by atoms with Gasteiger partial charge in [0.2, 0.25) is 0 Å². The van der Waals surface area contributed by atoms with E-state index in [-0.39, 0.29) is 24.3 Å². The van der Waals surface area contributed by atoms with Crippen LogP contribution in [0.25, 0.3) is 0 Å². The number of benzene rings is 1. The van der Waals surface area contributed by atoms with E-state index >= 15 is 0 Å². The summed E-state index contributed by atoms with van der Waals surface area (Å²) in [5, 5.41) is 0. The highest BCUT2D eigenvalue weighted by Gasteiger charge is 2.95. The maximum Gasteiger partial charge on any atom is 0.471 e. The van der Waals surface area contributed by atoms with Crippen LogP contribution in [0.1, 0.15) is 0 Å². The van der Waals surface area contributed by atoms with Gasteiger partial charge in [0.15, 0.2) is 0 Å². The molecule has 0 heterocycles. The zero-order valence-electron chi connectivity index (χ0n) is 15.8. The summed E-state index contributed by atoms with van der Waals surface area (Å²) >= 11 is 0. The molecule has 1 N–H and O–H groups in total. The van der Waals surface area contributed by atoms with Crippen LogP contribution >= 0.6 is 0 Å². The molecule has 0 bridgehead atoms. The molecule has 0 aliphatic carbocycles. The van der Waals surface area contributed by atoms with Crippen molar-refractivity contribution in [2.24, 2.45) is 0 Å². The average Bonchev–Trinajstić information content (AvgIpc) is 2.65. The second kappa shape index (κ2) is 8.38. The molecule has 0 fully saturated rings. The van der Waals surface area contributed by atoms with Gasteiger partial charge in [-0.2, -0.15) is 83.1 Å². The Hall–Kier alpha value is -2.26. The summed E-state index contributed by atoms with van der Waals surface area (Å²) in [6, 6.07) is -0.148. The van der Waals surface area contributed by atoms with E-state index in [0.717, 1.165) is 0 Å². The molecule has 1 aromatic carbocycles. The lowest BCUT2D eigenvalue weighted by Gasteiger charge is -2.42. The van der Waals surface area contributed by atoms with E-state index in [0.29, 0.717) is 0 Å². The van der Waals surface area contributed by atoms with Gasteiger partial charge in [-0.25, -0.2) is 0 Å². The van der Waals surface area contributed by atoms with Gasteiger partial charge >= 0.3 is 47.8 Å². The van der Waals surface area contributed by atoms with E-state index in [2.05, 4.69) is 4.74 Å². The minimum Gasteiger partial charge on any atom is -0.428 e. The smallest absolute Gasteiger partial charge is 0.428 e. The summed E-state index contributed by atoms with van der Waals surface area (Å²) in [5.74, 6) is -52.8. The van der Waals surface area contributed by atoms with Crippen LogP contribution in [0, 0.1) is 0 Å². The zero-order chi connectivity index (χ0) is 29.2. The molecule has 0 radical (unpaired) electrons. The fourth-order valence-electron chi connectivity index (χ4n) is 2.04. The summed E-state index contributed by atoms with van der Waals surface area (Å²) in [7, 11) is -5.09. The van der Waals surface area contributed by atoms with Crippen LogP contribution in [0.2, 0.25) is 0 Å². The predicted octanol–water partition coefficient (Wildman–Crippen LogP) is 6.28. The number of rotatable bonds is 9. The van der Waals surface area contributed by atoms with E-state index in [9.17, 15) is 83.1 Å². The van der Waals surface area contributed by atoms with Gasteiger partial charge in [0.05, 0.1) is 4.90 Å². The Morgan fingerprint density at radius 3 is 1.14 bits per heavy atom. The van der Waals surface area contributed by atoms with Gasteiger partial charge in [0, 0.05) is 0 Å². The fraction of sp³-hybridized carbons (Fsp3) is 0.571. The van der Waals surface area contributed by atoms with Crippen LogP contribution < -0.4 is 4.74 Å². The first-order valence-electron chi connectivity index (χ1n) is 7.91. The van der Waals surface area contributed by atoms with Gasteiger partial charge in [-0.15, -0.1) is 0 Å². The number of alkyl halides is 17. The number of hydrogen-bond acceptors (Lipinski definition) is 3. The van der Waals surface area contributed by atoms with Crippen molar-refractivity contribution >= 4 is 10.1 Å². The van der Waals surface area contributed by atoms with Crippen molar-refractivity contribution in [1.29, 1.82) is 0 Å². The van der Waals surface area contributed by atoms with E-state index < -0.39 is 68.6 Å². The fourth-order valence-corrected chi connectivity index (χ4v) is 2.52. The molecule has 22 heteroatoms. The predicted molar refractivity (Wildman–Crippen MR) is 77.6 cm³/mol. The Labute approximate surface area is 186 Å².